The normalized spacial score (nSPS) is 14.0. The molecule has 2 aromatic carbocycles. The van der Waals surface area contributed by atoms with Gasteiger partial charge in [0, 0.05) is 16.9 Å². The highest BCUT2D eigenvalue weighted by Crippen LogP contribution is 2.43. The number of rotatable bonds is 4. The van der Waals surface area contributed by atoms with Gasteiger partial charge in [-0.25, -0.2) is 0 Å². The number of hydrogen-bond donors (Lipinski definition) is 2. The molecule has 0 radical (unpaired) electrons. The zero-order valence-corrected chi connectivity index (χ0v) is 16.2. The average Bonchev–Trinajstić information content (AvgIpc) is 2.65. The molecule has 0 spiro atoms. The van der Waals surface area contributed by atoms with E-state index < -0.39 is 5.41 Å². The number of pyridine rings is 1. The van der Waals surface area contributed by atoms with E-state index in [0.29, 0.717) is 10.7 Å². The van der Waals surface area contributed by atoms with Gasteiger partial charge in [-0.3, -0.25) is 4.98 Å². The molecule has 0 aliphatic heterocycles. The highest BCUT2D eigenvalue weighted by Gasteiger charge is 2.41. The maximum atomic E-state index is 9.82. The van der Waals surface area contributed by atoms with Crippen molar-refractivity contribution in [2.24, 2.45) is 5.16 Å². The van der Waals surface area contributed by atoms with Gasteiger partial charge in [0.25, 0.3) is 0 Å². The molecule has 0 saturated carbocycles. The van der Waals surface area contributed by atoms with Crippen LogP contribution < -0.4 is 0 Å². The van der Waals surface area contributed by atoms with Crippen LogP contribution in [0.5, 0.6) is 5.75 Å². The molecule has 0 amide bonds. The lowest BCUT2D eigenvalue weighted by Gasteiger charge is -2.36. The van der Waals surface area contributed by atoms with Crippen LogP contribution in [-0.2, 0) is 5.41 Å². The van der Waals surface area contributed by atoms with E-state index >= 15 is 0 Å². The quantitative estimate of drug-likeness (QED) is 0.369. The summed E-state index contributed by atoms with van der Waals surface area (Å²) in [6, 6.07) is 16.5. The van der Waals surface area contributed by atoms with Crippen LogP contribution in [0.4, 0.5) is 0 Å². The van der Waals surface area contributed by atoms with Crippen molar-refractivity contribution in [3.05, 3.63) is 93.8 Å². The van der Waals surface area contributed by atoms with Crippen molar-refractivity contribution < 1.29 is 10.3 Å². The van der Waals surface area contributed by atoms with Gasteiger partial charge in [0.15, 0.2) is 0 Å². The van der Waals surface area contributed by atoms with Gasteiger partial charge in [-0.2, -0.15) is 0 Å². The number of aromatic hydroxyl groups is 1. The van der Waals surface area contributed by atoms with Crippen LogP contribution in [-0.4, -0.2) is 21.0 Å². The Morgan fingerprint density at radius 1 is 1.00 bits per heavy atom. The van der Waals surface area contributed by atoms with Crippen molar-refractivity contribution in [2.75, 3.05) is 0 Å². The lowest BCUT2D eigenvalue weighted by atomic mass is 9.65. The third kappa shape index (κ3) is 3.28. The summed E-state index contributed by atoms with van der Waals surface area (Å²) in [7, 11) is 0. The van der Waals surface area contributed by atoms with Crippen LogP contribution in [0.3, 0.4) is 0 Å². The van der Waals surface area contributed by atoms with Crippen molar-refractivity contribution in [2.45, 2.75) is 26.2 Å². The van der Waals surface area contributed by atoms with Crippen LogP contribution in [0.2, 0.25) is 5.02 Å². The van der Waals surface area contributed by atoms with E-state index in [-0.39, 0.29) is 5.75 Å². The van der Waals surface area contributed by atoms with Crippen LogP contribution in [0.1, 0.15) is 34.9 Å². The van der Waals surface area contributed by atoms with Crippen molar-refractivity contribution in [3.8, 4) is 5.75 Å². The van der Waals surface area contributed by atoms with Crippen LogP contribution in [0, 0.1) is 13.8 Å². The van der Waals surface area contributed by atoms with Crippen molar-refractivity contribution >= 4 is 17.3 Å². The number of oxime groups is 1. The van der Waals surface area contributed by atoms with Crippen molar-refractivity contribution in [3.63, 3.8) is 0 Å². The summed E-state index contributed by atoms with van der Waals surface area (Å²) >= 11 is 6.20. The van der Waals surface area contributed by atoms with Gasteiger partial charge in [0.1, 0.15) is 5.75 Å². The van der Waals surface area contributed by atoms with Gasteiger partial charge in [-0.15, -0.1) is 0 Å². The molecule has 3 rings (SSSR count). The topological polar surface area (TPSA) is 65.7 Å². The average molecular weight is 381 g/mol. The molecule has 4 nitrogen and oxygen atoms in total. The molecule has 0 fully saturated rings. The number of phenols is 1. The zero-order valence-electron chi connectivity index (χ0n) is 15.4. The molecule has 138 valence electrons. The monoisotopic (exact) mass is 380 g/mol. The van der Waals surface area contributed by atoms with Gasteiger partial charge in [0.2, 0.25) is 0 Å². The van der Waals surface area contributed by atoms with Gasteiger partial charge < -0.3 is 10.3 Å². The maximum Gasteiger partial charge on any atom is 0.115 e. The van der Waals surface area contributed by atoms with Crippen LogP contribution in [0.15, 0.2) is 65.9 Å². The smallest absolute Gasteiger partial charge is 0.115 e. The predicted octanol–water partition coefficient (Wildman–Crippen LogP) is 5.24. The highest BCUT2D eigenvalue weighted by molar-refractivity contribution is 6.30. The molecular formula is C22H21ClN2O2. The van der Waals surface area contributed by atoms with Crippen LogP contribution >= 0.6 is 11.6 Å². The molecule has 27 heavy (non-hydrogen) atoms. The summed E-state index contributed by atoms with van der Waals surface area (Å²) in [6.45, 7) is 5.69. The van der Waals surface area contributed by atoms with E-state index in [2.05, 4.69) is 10.1 Å². The third-order valence-corrected chi connectivity index (χ3v) is 5.15. The first-order chi connectivity index (χ1) is 12.9. The number of nitrogens with zero attached hydrogens (tertiary/aromatic N) is 2. The van der Waals surface area contributed by atoms with E-state index in [9.17, 15) is 10.3 Å². The first-order valence-corrected chi connectivity index (χ1v) is 8.95. The molecule has 1 atom stereocenters. The van der Waals surface area contributed by atoms with Crippen molar-refractivity contribution in [1.29, 1.82) is 0 Å². The Hall–Kier alpha value is -2.85. The molecule has 5 heteroatoms. The molecule has 0 saturated heterocycles. The van der Waals surface area contributed by atoms with Gasteiger partial charge in [-0.1, -0.05) is 35.0 Å². The molecule has 3 aromatic rings. The molecule has 0 aliphatic rings. The molecule has 0 aliphatic carbocycles. The number of phenolic OH excluding ortho intramolecular Hbond substituents is 1. The number of benzene rings is 2. The van der Waals surface area contributed by atoms with Gasteiger partial charge >= 0.3 is 0 Å². The first kappa shape index (κ1) is 18.9. The fraction of sp³-hybridized carbons (Fsp3) is 0.182. The Balaban J connectivity index is 2.47. The SMILES string of the molecule is CC(=NO)[C@@](c1ccc(O)cc1)(c1ccnc(C)c1)c1ccc(Cl)cc1C. The number of hydrogen-bond acceptors (Lipinski definition) is 4. The van der Waals surface area contributed by atoms with E-state index in [4.69, 9.17) is 11.6 Å². The minimum Gasteiger partial charge on any atom is -0.508 e. The second kappa shape index (κ2) is 7.41. The Bertz CT molecular complexity index is 999. The lowest BCUT2D eigenvalue weighted by Crippen LogP contribution is -2.38. The lowest BCUT2D eigenvalue weighted by molar-refractivity contribution is 0.315. The first-order valence-electron chi connectivity index (χ1n) is 8.58. The fourth-order valence-corrected chi connectivity index (χ4v) is 3.93. The van der Waals surface area contributed by atoms with Crippen molar-refractivity contribution in [1.82, 2.24) is 4.98 Å². The Morgan fingerprint density at radius 3 is 2.30 bits per heavy atom. The van der Waals surface area contributed by atoms with Crippen LogP contribution in [0.25, 0.3) is 0 Å². The third-order valence-electron chi connectivity index (χ3n) is 4.92. The number of aryl methyl sites for hydroxylation is 2. The van der Waals surface area contributed by atoms with E-state index in [1.807, 2.05) is 56.3 Å². The largest absolute Gasteiger partial charge is 0.508 e. The molecular weight excluding hydrogens is 360 g/mol. The predicted molar refractivity (Wildman–Crippen MR) is 108 cm³/mol. The summed E-state index contributed by atoms with van der Waals surface area (Å²) < 4.78 is 0. The second-order valence-corrected chi connectivity index (χ2v) is 7.06. The van der Waals surface area contributed by atoms with E-state index in [0.717, 1.165) is 27.9 Å². The number of halogens is 1. The Kier molecular flexibility index (Phi) is 5.19. The fourth-order valence-electron chi connectivity index (χ4n) is 3.70. The van der Waals surface area contributed by atoms with E-state index in [1.54, 1.807) is 25.3 Å². The zero-order chi connectivity index (χ0) is 19.6. The van der Waals surface area contributed by atoms with Gasteiger partial charge in [0.05, 0.1) is 11.1 Å². The van der Waals surface area contributed by atoms with Gasteiger partial charge in [-0.05, 0) is 79.4 Å². The summed E-state index contributed by atoms with van der Waals surface area (Å²) in [4.78, 5) is 4.31. The summed E-state index contributed by atoms with van der Waals surface area (Å²) in [5.74, 6) is 0.171. The second-order valence-electron chi connectivity index (χ2n) is 6.63. The Labute approximate surface area is 163 Å². The number of aromatic nitrogens is 1. The van der Waals surface area contributed by atoms with E-state index in [1.165, 1.54) is 0 Å². The summed E-state index contributed by atoms with van der Waals surface area (Å²) in [5.41, 5.74) is 4.20. The summed E-state index contributed by atoms with van der Waals surface area (Å²) in [5, 5.41) is 23.9. The molecule has 0 unspecified atom stereocenters. The standard InChI is InChI=1S/C22H21ClN2O2/c1-14-12-19(23)6-9-21(14)22(16(3)25-27,17-4-7-20(26)8-5-17)18-10-11-24-15(2)13-18/h4-13,26-27H,1-3H3/t22-/m1/s1. The minimum atomic E-state index is -0.856. The molecule has 0 bridgehead atoms. The highest BCUT2D eigenvalue weighted by atomic mass is 35.5. The minimum absolute atomic E-state index is 0.171. The summed E-state index contributed by atoms with van der Waals surface area (Å²) in [6.07, 6.45) is 1.75. The maximum absolute atomic E-state index is 9.82. The molecule has 1 aromatic heterocycles. The Morgan fingerprint density at radius 2 is 1.70 bits per heavy atom. The molecule has 2 N–H and O–H groups in total. The molecule has 1 heterocycles.